The van der Waals surface area contributed by atoms with Crippen molar-refractivity contribution in [2.75, 3.05) is 40.9 Å². The van der Waals surface area contributed by atoms with Crippen molar-refractivity contribution in [3.05, 3.63) is 36.5 Å². The molecule has 0 aliphatic rings. The number of hydrogen-bond acceptors (Lipinski definition) is 6. The number of carbonyl (C=O) groups excluding carboxylic acids is 1. The molecule has 9 heteroatoms. The van der Waals surface area contributed by atoms with Gasteiger partial charge >= 0.3 is 0 Å². The minimum absolute atomic E-state index is 0.00811. The number of aliphatic hydroxyl groups excluding tert-OH is 1. The number of allylic oxidation sites excluding steroid dienone is 5. The fraction of sp³-hybridized carbons (Fsp3) is 0.841. The van der Waals surface area contributed by atoms with Crippen LogP contribution >= 0.6 is 7.82 Å². The van der Waals surface area contributed by atoms with Gasteiger partial charge in [0.05, 0.1) is 39.9 Å². The Balaban J connectivity index is 4.39. The molecule has 1 amide bonds. The quantitative estimate of drug-likeness (QED) is 0.0279. The molecule has 0 spiro atoms. The van der Waals surface area contributed by atoms with Crippen molar-refractivity contribution in [2.24, 2.45) is 0 Å². The fourth-order valence-corrected chi connectivity index (χ4v) is 6.77. The summed E-state index contributed by atoms with van der Waals surface area (Å²) in [5.41, 5.74) is 0. The predicted molar refractivity (Wildman–Crippen MR) is 224 cm³/mol. The highest BCUT2D eigenvalue weighted by Gasteiger charge is 2.23. The molecule has 0 fully saturated rings. The maximum absolute atomic E-state index is 12.8. The highest BCUT2D eigenvalue weighted by Crippen LogP contribution is 2.38. The Bertz CT molecular complexity index is 964. The third kappa shape index (κ3) is 38.8. The number of nitrogens with zero attached hydrogens (tertiary/aromatic N) is 1. The Morgan fingerprint density at radius 1 is 0.642 bits per heavy atom. The van der Waals surface area contributed by atoms with Gasteiger partial charge in [0.1, 0.15) is 13.2 Å². The van der Waals surface area contributed by atoms with Crippen LogP contribution in [-0.4, -0.2) is 68.5 Å². The Labute approximate surface area is 327 Å². The Morgan fingerprint density at radius 3 is 1.51 bits per heavy atom. The van der Waals surface area contributed by atoms with Crippen molar-refractivity contribution in [2.45, 2.75) is 199 Å². The number of hydrogen-bond donors (Lipinski definition) is 2. The van der Waals surface area contributed by atoms with Crippen LogP contribution in [0.1, 0.15) is 187 Å². The van der Waals surface area contributed by atoms with E-state index in [1.165, 1.54) is 116 Å². The molecule has 0 radical (unpaired) electrons. The minimum Gasteiger partial charge on any atom is -0.756 e. The molecule has 0 rings (SSSR count). The van der Waals surface area contributed by atoms with Gasteiger partial charge in [-0.3, -0.25) is 9.36 Å². The van der Waals surface area contributed by atoms with E-state index in [4.69, 9.17) is 9.05 Å². The van der Waals surface area contributed by atoms with Crippen LogP contribution in [0, 0.1) is 0 Å². The summed E-state index contributed by atoms with van der Waals surface area (Å²) < 4.78 is 23.1. The molecule has 0 aliphatic carbocycles. The normalized spacial score (nSPS) is 14.8. The SMILES string of the molecule is CCCC/C=C/CC/C=C/CC/C=C/C(O)C(COP(=O)([O-])OCC[N+](C)(C)C)NC(=O)CCCCCCCCCCCCCCCCCCCCC. The van der Waals surface area contributed by atoms with Crippen LogP contribution in [0.15, 0.2) is 36.5 Å². The summed E-state index contributed by atoms with van der Waals surface area (Å²) in [5.74, 6) is -0.212. The molecule has 0 aliphatic heterocycles. The van der Waals surface area contributed by atoms with Crippen molar-refractivity contribution < 1.29 is 32.9 Å². The molecule has 312 valence electrons. The van der Waals surface area contributed by atoms with Crippen molar-refractivity contribution in [1.82, 2.24) is 5.32 Å². The standard InChI is InChI=1S/C44H85N2O6P/c1-6-8-10-12-14-16-18-20-21-22-23-24-25-26-28-30-32-34-36-38-44(48)45-42(41-52-53(49,50)51-40-39-46(3,4)5)43(47)37-35-33-31-29-27-19-17-15-13-11-9-7-2/h13,15,27,29,35,37,42-43,47H,6-12,14,16-26,28,30-34,36,38-41H2,1-5H3,(H-,45,48,49,50)/b15-13+,29-27+,37-35+. The summed E-state index contributed by atoms with van der Waals surface area (Å²) in [6.07, 6.45) is 43.4. The number of aliphatic hydroxyl groups is 1. The summed E-state index contributed by atoms with van der Waals surface area (Å²) in [6.45, 7) is 4.56. The van der Waals surface area contributed by atoms with Crippen molar-refractivity contribution in [1.29, 1.82) is 0 Å². The minimum atomic E-state index is -4.59. The molecule has 0 saturated carbocycles. The molecule has 3 atom stereocenters. The van der Waals surface area contributed by atoms with Gasteiger partial charge in [-0.15, -0.1) is 0 Å². The first kappa shape index (κ1) is 51.7. The number of carbonyl (C=O) groups is 1. The number of likely N-dealkylation sites (N-methyl/N-ethyl adjacent to an activating group) is 1. The topological polar surface area (TPSA) is 108 Å². The maximum atomic E-state index is 12.8. The van der Waals surface area contributed by atoms with Crippen LogP contribution in [0.5, 0.6) is 0 Å². The van der Waals surface area contributed by atoms with Crippen LogP contribution in [0.25, 0.3) is 0 Å². The van der Waals surface area contributed by atoms with Gasteiger partial charge < -0.3 is 28.8 Å². The van der Waals surface area contributed by atoms with Gasteiger partial charge in [-0.05, 0) is 38.5 Å². The third-order valence-electron chi connectivity index (χ3n) is 9.58. The highest BCUT2D eigenvalue weighted by molar-refractivity contribution is 7.45. The molecule has 0 aromatic rings. The number of amides is 1. The van der Waals surface area contributed by atoms with E-state index in [0.29, 0.717) is 17.4 Å². The van der Waals surface area contributed by atoms with Crippen LogP contribution in [0.3, 0.4) is 0 Å². The molecule has 8 nitrogen and oxygen atoms in total. The Kier molecular flexibility index (Phi) is 35.5. The molecule has 2 N–H and O–H groups in total. The van der Waals surface area contributed by atoms with Gasteiger partial charge in [0.25, 0.3) is 7.82 Å². The van der Waals surface area contributed by atoms with Crippen LogP contribution in [0.4, 0.5) is 0 Å². The van der Waals surface area contributed by atoms with E-state index in [1.807, 2.05) is 27.2 Å². The Morgan fingerprint density at radius 2 is 1.06 bits per heavy atom. The largest absolute Gasteiger partial charge is 0.756 e. The predicted octanol–water partition coefficient (Wildman–Crippen LogP) is 11.3. The van der Waals surface area contributed by atoms with E-state index in [0.717, 1.165) is 51.4 Å². The van der Waals surface area contributed by atoms with Gasteiger partial charge in [-0.1, -0.05) is 179 Å². The first-order valence-electron chi connectivity index (χ1n) is 21.9. The molecule has 0 saturated heterocycles. The van der Waals surface area contributed by atoms with E-state index in [-0.39, 0.29) is 12.5 Å². The monoisotopic (exact) mass is 769 g/mol. The second kappa shape index (κ2) is 36.4. The fourth-order valence-electron chi connectivity index (χ4n) is 6.05. The number of phosphoric acid groups is 1. The average Bonchev–Trinajstić information content (AvgIpc) is 3.10. The number of quaternary nitrogens is 1. The third-order valence-corrected chi connectivity index (χ3v) is 10.5. The van der Waals surface area contributed by atoms with Crippen LogP contribution < -0.4 is 10.2 Å². The summed E-state index contributed by atoms with van der Waals surface area (Å²) in [6, 6.07) is -0.904. The van der Waals surface area contributed by atoms with Crippen molar-refractivity contribution in [3.63, 3.8) is 0 Å². The molecule has 0 heterocycles. The van der Waals surface area contributed by atoms with Gasteiger partial charge in [-0.25, -0.2) is 0 Å². The highest BCUT2D eigenvalue weighted by atomic mass is 31.2. The van der Waals surface area contributed by atoms with Crippen LogP contribution in [0.2, 0.25) is 0 Å². The molecular formula is C44H85N2O6P. The Hall–Kier alpha value is -1.28. The first-order chi connectivity index (χ1) is 25.5. The van der Waals surface area contributed by atoms with E-state index in [1.54, 1.807) is 6.08 Å². The van der Waals surface area contributed by atoms with Gasteiger partial charge in [0.15, 0.2) is 0 Å². The number of unbranched alkanes of at least 4 members (excludes halogenated alkanes) is 22. The zero-order valence-electron chi connectivity index (χ0n) is 35.2. The summed E-state index contributed by atoms with van der Waals surface area (Å²) >= 11 is 0. The zero-order valence-corrected chi connectivity index (χ0v) is 36.1. The van der Waals surface area contributed by atoms with Crippen molar-refractivity contribution in [3.8, 4) is 0 Å². The van der Waals surface area contributed by atoms with E-state index < -0.39 is 26.6 Å². The lowest BCUT2D eigenvalue weighted by Crippen LogP contribution is -2.45. The van der Waals surface area contributed by atoms with E-state index >= 15 is 0 Å². The number of phosphoric ester groups is 1. The average molecular weight is 769 g/mol. The summed E-state index contributed by atoms with van der Waals surface area (Å²) in [7, 11) is 1.24. The molecule has 53 heavy (non-hydrogen) atoms. The van der Waals surface area contributed by atoms with E-state index in [9.17, 15) is 19.4 Å². The zero-order chi connectivity index (χ0) is 39.3. The van der Waals surface area contributed by atoms with Gasteiger partial charge in [0, 0.05) is 6.42 Å². The molecule has 0 bridgehead atoms. The summed E-state index contributed by atoms with van der Waals surface area (Å²) in [5, 5.41) is 13.7. The number of nitrogens with one attached hydrogen (secondary N) is 1. The molecular weight excluding hydrogens is 683 g/mol. The van der Waals surface area contributed by atoms with Crippen molar-refractivity contribution >= 4 is 13.7 Å². The lowest BCUT2D eigenvalue weighted by molar-refractivity contribution is -0.870. The smallest absolute Gasteiger partial charge is 0.268 e. The molecule has 3 unspecified atom stereocenters. The molecule has 0 aromatic carbocycles. The lowest BCUT2D eigenvalue weighted by atomic mass is 10.0. The van der Waals surface area contributed by atoms with E-state index in [2.05, 4.69) is 43.5 Å². The second-order valence-corrected chi connectivity index (χ2v) is 17.4. The van der Waals surface area contributed by atoms with Crippen LogP contribution in [-0.2, 0) is 18.4 Å². The lowest BCUT2D eigenvalue weighted by Gasteiger charge is -2.29. The van der Waals surface area contributed by atoms with Gasteiger partial charge in [0.2, 0.25) is 5.91 Å². The first-order valence-corrected chi connectivity index (χ1v) is 23.3. The summed E-state index contributed by atoms with van der Waals surface area (Å²) in [4.78, 5) is 25.2. The number of rotatable bonds is 39. The maximum Gasteiger partial charge on any atom is 0.268 e. The van der Waals surface area contributed by atoms with Gasteiger partial charge in [-0.2, -0.15) is 0 Å². The second-order valence-electron chi connectivity index (χ2n) is 16.0. The molecule has 0 aromatic heterocycles.